The molecule has 9 aromatic rings. The minimum absolute atomic E-state index is 0. The number of rotatable bonds is 9. The van der Waals surface area contributed by atoms with Crippen LogP contribution in [0.15, 0.2) is 127 Å². The van der Waals surface area contributed by atoms with Crippen molar-refractivity contribution in [1.29, 1.82) is 0 Å². The van der Waals surface area contributed by atoms with Crippen molar-refractivity contribution in [3.05, 3.63) is 213 Å². The highest BCUT2D eigenvalue weighted by Crippen LogP contribution is 2.50. The molecule has 6 bridgehead atoms. The van der Waals surface area contributed by atoms with Gasteiger partial charge in [0, 0.05) is 125 Å². The molecule has 6 atom stereocenters. The molecule has 0 aliphatic carbocycles. The Hall–Kier alpha value is -6.60. The van der Waals surface area contributed by atoms with E-state index in [4.69, 9.17) is 0 Å². The van der Waals surface area contributed by atoms with Gasteiger partial charge in [-0.15, -0.1) is 0 Å². The number of hydrogen-bond donors (Lipinski definition) is 0. The predicted octanol–water partition coefficient (Wildman–Crippen LogP) is 15.8. The van der Waals surface area contributed by atoms with Gasteiger partial charge in [0.15, 0.2) is 0 Å². The van der Waals surface area contributed by atoms with Gasteiger partial charge in [0.05, 0.1) is 0 Å². The number of benzene rings is 6. The summed E-state index contributed by atoms with van der Waals surface area (Å²) in [6.45, 7) is 2.52. The van der Waals surface area contributed by atoms with Crippen LogP contribution in [-0.2, 0) is 58.2 Å². The molecule has 0 N–H and O–H groups in total. The van der Waals surface area contributed by atoms with Gasteiger partial charge in [-0.1, -0.05) is 51.3 Å². The monoisotopic (exact) mass is 1090 g/mol. The highest BCUT2D eigenvalue weighted by Gasteiger charge is 2.43. The summed E-state index contributed by atoms with van der Waals surface area (Å²) in [6, 6.07) is 38.7. The summed E-state index contributed by atoms with van der Waals surface area (Å²) in [7, 11) is 6.60. The van der Waals surface area contributed by atoms with Crippen molar-refractivity contribution in [1.82, 2.24) is 28.4 Å². The Morgan fingerprint density at radius 3 is 0.850 bits per heavy atom. The van der Waals surface area contributed by atoms with E-state index >= 15 is 0 Å². The maximum absolute atomic E-state index is 14.0. The molecule has 0 amide bonds. The Morgan fingerprint density at radius 1 is 0.338 bits per heavy atom. The largest absolute Gasteiger partial charge is 0.344 e. The van der Waals surface area contributed by atoms with Crippen molar-refractivity contribution in [2.45, 2.75) is 148 Å². The van der Waals surface area contributed by atoms with Crippen molar-refractivity contribution in [3.8, 4) is 0 Å². The van der Waals surface area contributed by atoms with Crippen molar-refractivity contribution >= 4 is 32.7 Å². The second-order valence-corrected chi connectivity index (χ2v) is 23.0. The van der Waals surface area contributed by atoms with Gasteiger partial charge in [-0.25, -0.2) is 26.3 Å². The molecule has 6 aromatic carbocycles. The molecule has 0 saturated carbocycles. The van der Waals surface area contributed by atoms with Crippen LogP contribution in [0.5, 0.6) is 0 Å². The summed E-state index contributed by atoms with van der Waals surface area (Å²) in [5, 5.41) is 3.20. The zero-order valence-electron chi connectivity index (χ0n) is 44.6. The molecule has 2 unspecified atom stereocenters. The fraction of sp³-hybridized carbons (Fsp3) is 0.382. The van der Waals surface area contributed by atoms with Gasteiger partial charge in [-0.2, -0.15) is 0 Å². The zero-order valence-corrected chi connectivity index (χ0v) is 44.6. The highest BCUT2D eigenvalue weighted by molar-refractivity contribution is 5.88. The molecular weight excluding hydrogens is 1010 g/mol. The summed E-state index contributed by atoms with van der Waals surface area (Å²) >= 11 is 0. The van der Waals surface area contributed by atoms with Gasteiger partial charge in [0.1, 0.15) is 34.9 Å². The molecule has 3 aromatic heterocycles. The van der Waals surface area contributed by atoms with Crippen LogP contribution in [0.25, 0.3) is 32.7 Å². The van der Waals surface area contributed by atoms with Crippen LogP contribution in [0.1, 0.15) is 122 Å². The number of aryl methyl sites for hydroxylation is 6. The second-order valence-electron chi connectivity index (χ2n) is 23.0. The van der Waals surface area contributed by atoms with E-state index in [0.29, 0.717) is 36.3 Å². The van der Waals surface area contributed by atoms with Crippen molar-refractivity contribution in [3.63, 3.8) is 0 Å². The first-order valence-corrected chi connectivity index (χ1v) is 28.2. The summed E-state index contributed by atoms with van der Waals surface area (Å²) in [5.41, 5.74) is 14.9. The Kier molecular flexibility index (Phi) is 15.5. The lowest BCUT2D eigenvalue weighted by Crippen LogP contribution is -2.34. The lowest BCUT2D eigenvalue weighted by atomic mass is 9.97. The average Bonchev–Trinajstić information content (AvgIpc) is 4.27. The van der Waals surface area contributed by atoms with Crippen LogP contribution >= 0.6 is 0 Å². The lowest BCUT2D eigenvalue weighted by Gasteiger charge is -2.32. The fourth-order valence-corrected chi connectivity index (χ4v) is 14.9. The molecule has 3 saturated heterocycles. The first-order valence-electron chi connectivity index (χ1n) is 28.2. The fourth-order valence-electron chi connectivity index (χ4n) is 14.9. The number of nitrogens with zero attached hydrogens (tertiary/aromatic N) is 6. The number of aromatic nitrogens is 3. The molecule has 12 heteroatoms. The first kappa shape index (κ1) is 55.3. The van der Waals surface area contributed by atoms with Crippen LogP contribution in [0.3, 0.4) is 0 Å². The van der Waals surface area contributed by atoms with E-state index in [1.54, 1.807) is 36.4 Å². The Balaban J connectivity index is 0.000000125. The van der Waals surface area contributed by atoms with Gasteiger partial charge >= 0.3 is 0 Å². The SMILES string of the molecule is C.C.CN1C2CCC1c1c(n(CCc3ccc(F)cc3)c3ccc(F)cc13)C2.CN1[C@@H]2CC[C@H]1c1c(n(CCc3ccc(F)cc3)c3ccc(F)cc13)C2.CN1[C@H]2CC[C@@H]1c1c(n(CCc3ccc(F)cc3)c3ccc(F)cc13)C2. The maximum atomic E-state index is 14.0. The molecule has 0 radical (unpaired) electrons. The Morgan fingerprint density at radius 2 is 0.588 bits per heavy atom. The van der Waals surface area contributed by atoms with Crippen molar-refractivity contribution in [2.75, 3.05) is 21.1 Å². The van der Waals surface area contributed by atoms with Crippen LogP contribution in [0.2, 0.25) is 0 Å². The number of fused-ring (bicyclic) bond motifs is 18. The number of likely N-dealkylation sites (N-methyl/N-ethyl adjacent to an activating group) is 3. The quantitative estimate of drug-likeness (QED) is 0.135. The molecular formula is C68H74F6N6. The van der Waals surface area contributed by atoms with E-state index in [1.165, 1.54) is 89.4 Å². The number of halogens is 6. The standard InChI is InChI=1S/3C22H22F2N2.2CH4/c3*1-25-17-7-9-20(25)22-18-12-16(24)6-8-19(18)26(21(22)13-17)11-10-14-2-4-15(23)5-3-14;;/h3*2-6,8,12,17,20H,7,9-11,13H2,1H3;2*1H4/t2*17-,20+;;;/m10.../s1. The van der Waals surface area contributed by atoms with Crippen molar-refractivity contribution < 1.29 is 26.3 Å². The predicted molar refractivity (Wildman–Crippen MR) is 311 cm³/mol. The molecule has 15 rings (SSSR count). The second kappa shape index (κ2) is 22.4. The normalized spacial score (nSPS) is 21.6. The van der Waals surface area contributed by atoms with Gasteiger partial charge in [-0.3, -0.25) is 14.7 Å². The van der Waals surface area contributed by atoms with Gasteiger partial charge in [0.25, 0.3) is 0 Å². The molecule has 3 fully saturated rings. The molecule has 80 heavy (non-hydrogen) atoms. The summed E-state index contributed by atoms with van der Waals surface area (Å²) < 4.78 is 88.6. The first-order chi connectivity index (χ1) is 37.8. The molecule has 6 nitrogen and oxygen atoms in total. The lowest BCUT2D eigenvalue weighted by molar-refractivity contribution is 0.222. The van der Waals surface area contributed by atoms with Gasteiger partial charge in [-0.05, 0) is 203 Å². The van der Waals surface area contributed by atoms with Crippen LogP contribution in [-0.4, -0.2) is 67.7 Å². The zero-order chi connectivity index (χ0) is 53.5. The van der Waals surface area contributed by atoms with Crippen LogP contribution < -0.4 is 0 Å². The highest BCUT2D eigenvalue weighted by atomic mass is 19.1. The average molecular weight is 1090 g/mol. The van der Waals surface area contributed by atoms with E-state index in [-0.39, 0.29) is 49.8 Å². The van der Waals surface area contributed by atoms with Crippen LogP contribution in [0, 0.1) is 34.9 Å². The molecule has 6 aliphatic heterocycles. The summed E-state index contributed by atoms with van der Waals surface area (Å²) in [5.74, 6) is -1.11. The molecule has 9 heterocycles. The van der Waals surface area contributed by atoms with Gasteiger partial charge in [0.2, 0.25) is 0 Å². The minimum atomic E-state index is -0.201. The van der Waals surface area contributed by atoms with E-state index in [1.807, 2.05) is 54.6 Å². The third-order valence-electron chi connectivity index (χ3n) is 19.0. The Bertz CT molecular complexity index is 3310. The minimum Gasteiger partial charge on any atom is -0.344 e. The molecule has 418 valence electrons. The van der Waals surface area contributed by atoms with E-state index in [9.17, 15) is 26.3 Å². The summed E-state index contributed by atoms with van der Waals surface area (Å²) in [4.78, 5) is 7.41. The maximum Gasteiger partial charge on any atom is 0.123 e. The van der Waals surface area contributed by atoms with E-state index < -0.39 is 0 Å². The van der Waals surface area contributed by atoms with E-state index in [0.717, 1.165) is 127 Å². The molecule has 0 spiro atoms. The van der Waals surface area contributed by atoms with E-state index in [2.05, 4.69) is 49.5 Å². The third-order valence-corrected chi connectivity index (χ3v) is 19.0. The summed E-state index contributed by atoms with van der Waals surface area (Å²) in [6.07, 6.45) is 12.7. The Labute approximate surface area is 467 Å². The third kappa shape index (κ3) is 9.97. The smallest absolute Gasteiger partial charge is 0.123 e. The topological polar surface area (TPSA) is 24.5 Å². The molecule has 6 aliphatic rings. The van der Waals surface area contributed by atoms with Crippen LogP contribution in [0.4, 0.5) is 26.3 Å². The van der Waals surface area contributed by atoms with Crippen molar-refractivity contribution in [2.24, 2.45) is 0 Å². The van der Waals surface area contributed by atoms with Gasteiger partial charge < -0.3 is 13.7 Å². The number of hydrogen-bond acceptors (Lipinski definition) is 3.